The van der Waals surface area contributed by atoms with Gasteiger partial charge in [-0.3, -0.25) is 4.98 Å². The maximum Gasteiger partial charge on any atom is 0.161 e. The summed E-state index contributed by atoms with van der Waals surface area (Å²) in [5, 5.41) is 5.83. The molecule has 0 aliphatic carbocycles. The molecule has 266 valence electrons. The first kappa shape index (κ1) is 32.7. The van der Waals surface area contributed by atoms with E-state index in [0.29, 0.717) is 5.82 Å². The largest absolute Gasteiger partial charge is 0.454 e. The van der Waals surface area contributed by atoms with Gasteiger partial charge in [0.05, 0.1) is 11.4 Å². The first-order valence-corrected chi connectivity index (χ1v) is 19.2. The molecule has 4 heteroatoms. The van der Waals surface area contributed by atoms with Crippen molar-refractivity contribution in [3.8, 4) is 67.3 Å². The van der Waals surface area contributed by atoms with E-state index in [1.165, 1.54) is 27.1 Å². The summed E-state index contributed by atoms with van der Waals surface area (Å²) in [7, 11) is 0. The van der Waals surface area contributed by atoms with Gasteiger partial charge >= 0.3 is 0 Å². The molecule has 0 saturated heterocycles. The van der Waals surface area contributed by atoms with Crippen molar-refractivity contribution in [2.75, 3.05) is 0 Å². The summed E-state index contributed by atoms with van der Waals surface area (Å²) in [5.74, 6) is 0.668. The van der Waals surface area contributed by atoms with E-state index >= 15 is 0 Å². The van der Waals surface area contributed by atoms with E-state index in [-0.39, 0.29) is 0 Å². The van der Waals surface area contributed by atoms with Crippen molar-refractivity contribution in [2.45, 2.75) is 0 Å². The second-order valence-corrected chi connectivity index (χ2v) is 14.4. The summed E-state index contributed by atoms with van der Waals surface area (Å²) in [4.78, 5) is 15.3. The third-order valence-electron chi connectivity index (χ3n) is 10.9. The minimum Gasteiger partial charge on any atom is -0.454 e. The molecule has 0 N–H and O–H groups in total. The average molecular weight is 728 g/mol. The van der Waals surface area contributed by atoms with E-state index in [2.05, 4.69) is 152 Å². The van der Waals surface area contributed by atoms with Crippen molar-refractivity contribution in [3.63, 3.8) is 0 Å². The number of furan rings is 1. The predicted octanol–water partition coefficient (Wildman–Crippen LogP) is 14.1. The molecular formula is C53H33N3O. The molecule has 0 unspecified atom stereocenters. The molecule has 0 atom stereocenters. The van der Waals surface area contributed by atoms with Gasteiger partial charge in [-0.2, -0.15) is 0 Å². The summed E-state index contributed by atoms with van der Waals surface area (Å²) in [5.41, 5.74) is 13.6. The van der Waals surface area contributed by atoms with Gasteiger partial charge in [0.15, 0.2) is 11.4 Å². The van der Waals surface area contributed by atoms with Crippen molar-refractivity contribution in [3.05, 3.63) is 200 Å². The van der Waals surface area contributed by atoms with Crippen LogP contribution in [0.2, 0.25) is 0 Å². The van der Waals surface area contributed by atoms with E-state index in [0.717, 1.165) is 78.0 Å². The quantitative estimate of drug-likeness (QED) is 0.160. The molecular weight excluding hydrogens is 695 g/mol. The normalized spacial score (nSPS) is 11.5. The number of rotatable bonds is 6. The van der Waals surface area contributed by atoms with Crippen molar-refractivity contribution in [1.82, 2.24) is 15.0 Å². The second kappa shape index (κ2) is 13.6. The molecule has 0 saturated carbocycles. The molecule has 11 aromatic rings. The van der Waals surface area contributed by atoms with Gasteiger partial charge in [-0.15, -0.1) is 0 Å². The van der Waals surface area contributed by atoms with Crippen LogP contribution in [0.4, 0.5) is 0 Å². The molecule has 0 fully saturated rings. The summed E-state index contributed by atoms with van der Waals surface area (Å²) < 4.78 is 6.56. The predicted molar refractivity (Wildman–Crippen MR) is 235 cm³/mol. The van der Waals surface area contributed by atoms with Gasteiger partial charge in [-0.05, 0) is 97.9 Å². The van der Waals surface area contributed by atoms with Crippen LogP contribution in [0, 0.1) is 0 Å². The van der Waals surface area contributed by atoms with Crippen LogP contribution in [0.3, 0.4) is 0 Å². The fourth-order valence-corrected chi connectivity index (χ4v) is 8.13. The Bertz CT molecular complexity index is 3280. The Morgan fingerprint density at radius 2 is 0.912 bits per heavy atom. The molecule has 0 aliphatic heterocycles. The third kappa shape index (κ3) is 5.83. The Labute approximate surface area is 329 Å². The number of pyridine rings is 1. The summed E-state index contributed by atoms with van der Waals surface area (Å²) in [6, 6.07) is 68.0. The molecule has 8 aromatic carbocycles. The standard InChI is InChI=1S/C53H33N3O/c1-3-13-34(14-4-1)35-23-25-36(26-24-35)48-33-49(56-53(55-48)37-15-5-2-6-16-37)41-30-39(43-27-28-54-51-46-21-11-12-22-50(46)57-52(43)51)29-40(31-41)47-32-38-17-7-8-18-42(38)44-19-9-10-20-45(44)47/h1-33H. The highest BCUT2D eigenvalue weighted by atomic mass is 16.3. The lowest BCUT2D eigenvalue weighted by Gasteiger charge is -2.15. The molecule has 11 rings (SSSR count). The Balaban J connectivity index is 1.17. The number of hydrogen-bond acceptors (Lipinski definition) is 4. The van der Waals surface area contributed by atoms with Crippen molar-refractivity contribution in [1.29, 1.82) is 0 Å². The number of benzene rings is 8. The third-order valence-corrected chi connectivity index (χ3v) is 10.9. The first-order valence-electron chi connectivity index (χ1n) is 19.2. The zero-order valence-corrected chi connectivity index (χ0v) is 30.8. The van der Waals surface area contributed by atoms with Crippen LogP contribution in [0.5, 0.6) is 0 Å². The van der Waals surface area contributed by atoms with Crippen LogP contribution >= 0.6 is 0 Å². The molecule has 4 nitrogen and oxygen atoms in total. The van der Waals surface area contributed by atoms with Crippen LogP contribution in [0.15, 0.2) is 205 Å². The summed E-state index contributed by atoms with van der Waals surface area (Å²) in [6.45, 7) is 0. The van der Waals surface area contributed by atoms with Crippen LogP contribution in [-0.4, -0.2) is 15.0 Å². The van der Waals surface area contributed by atoms with Crippen LogP contribution in [0.25, 0.3) is 111 Å². The first-order chi connectivity index (χ1) is 28.2. The summed E-state index contributed by atoms with van der Waals surface area (Å²) in [6.07, 6.45) is 1.88. The van der Waals surface area contributed by atoms with Crippen molar-refractivity contribution in [2.24, 2.45) is 0 Å². The molecule has 57 heavy (non-hydrogen) atoms. The minimum atomic E-state index is 0.668. The lowest BCUT2D eigenvalue weighted by Crippen LogP contribution is -1.97. The lowest BCUT2D eigenvalue weighted by atomic mass is 9.90. The average Bonchev–Trinajstić information content (AvgIpc) is 3.68. The van der Waals surface area contributed by atoms with Gasteiger partial charge < -0.3 is 4.42 Å². The Morgan fingerprint density at radius 3 is 1.68 bits per heavy atom. The smallest absolute Gasteiger partial charge is 0.161 e. The van der Waals surface area contributed by atoms with E-state index in [4.69, 9.17) is 19.4 Å². The van der Waals surface area contributed by atoms with Crippen molar-refractivity contribution < 1.29 is 4.42 Å². The van der Waals surface area contributed by atoms with Gasteiger partial charge in [-0.25, -0.2) is 9.97 Å². The summed E-state index contributed by atoms with van der Waals surface area (Å²) >= 11 is 0. The monoisotopic (exact) mass is 727 g/mol. The highest BCUT2D eigenvalue weighted by Crippen LogP contribution is 2.42. The maximum atomic E-state index is 6.56. The molecule has 0 radical (unpaired) electrons. The van der Waals surface area contributed by atoms with Gasteiger partial charge in [0.2, 0.25) is 0 Å². The van der Waals surface area contributed by atoms with Crippen LogP contribution in [0.1, 0.15) is 0 Å². The number of para-hydroxylation sites is 1. The lowest BCUT2D eigenvalue weighted by molar-refractivity contribution is 0.669. The van der Waals surface area contributed by atoms with Gasteiger partial charge in [0, 0.05) is 33.8 Å². The van der Waals surface area contributed by atoms with Crippen LogP contribution in [-0.2, 0) is 0 Å². The van der Waals surface area contributed by atoms with Gasteiger partial charge in [-0.1, -0.05) is 146 Å². The number of nitrogens with zero attached hydrogens (tertiary/aromatic N) is 3. The SMILES string of the molecule is c1ccc(-c2ccc(-c3cc(-c4cc(-c5cc6ccccc6c6ccccc56)cc(-c5ccnc6c5oc5ccccc56)c4)nc(-c4ccccc4)n3)cc2)cc1. The molecule has 3 aromatic heterocycles. The maximum absolute atomic E-state index is 6.56. The van der Waals surface area contributed by atoms with E-state index in [9.17, 15) is 0 Å². The molecule has 0 aliphatic rings. The fourth-order valence-electron chi connectivity index (χ4n) is 8.13. The Kier molecular flexibility index (Phi) is 7.78. The number of aromatic nitrogens is 3. The Hall–Kier alpha value is -7.69. The van der Waals surface area contributed by atoms with Crippen LogP contribution < -0.4 is 0 Å². The zero-order chi connectivity index (χ0) is 37.7. The van der Waals surface area contributed by atoms with Crippen molar-refractivity contribution >= 4 is 43.6 Å². The molecule has 0 bridgehead atoms. The highest BCUT2D eigenvalue weighted by Gasteiger charge is 2.19. The number of hydrogen-bond donors (Lipinski definition) is 0. The van der Waals surface area contributed by atoms with E-state index in [1.54, 1.807) is 0 Å². The molecule has 0 amide bonds. The van der Waals surface area contributed by atoms with Gasteiger partial charge in [0.25, 0.3) is 0 Å². The molecule has 0 spiro atoms. The topological polar surface area (TPSA) is 51.8 Å². The van der Waals surface area contributed by atoms with E-state index in [1.807, 2.05) is 48.7 Å². The Morgan fingerprint density at radius 1 is 0.351 bits per heavy atom. The number of fused-ring (bicyclic) bond motifs is 6. The minimum absolute atomic E-state index is 0.668. The second-order valence-electron chi connectivity index (χ2n) is 14.4. The van der Waals surface area contributed by atoms with Gasteiger partial charge in [0.1, 0.15) is 11.1 Å². The zero-order valence-electron chi connectivity index (χ0n) is 30.8. The highest BCUT2D eigenvalue weighted by molar-refractivity contribution is 6.14. The van der Waals surface area contributed by atoms with E-state index < -0.39 is 0 Å². The molecule has 3 heterocycles. The fraction of sp³-hybridized carbons (Fsp3) is 0.